The molecule has 0 atom stereocenters. The van der Waals surface area contributed by atoms with Crippen molar-refractivity contribution in [2.45, 2.75) is 19.4 Å². The van der Waals surface area contributed by atoms with E-state index in [9.17, 15) is 4.79 Å². The number of rotatable bonds is 3. The van der Waals surface area contributed by atoms with Crippen LogP contribution in [0, 0.1) is 5.92 Å². The highest BCUT2D eigenvalue weighted by molar-refractivity contribution is 7.07. The summed E-state index contributed by atoms with van der Waals surface area (Å²) in [7, 11) is 1.46. The van der Waals surface area contributed by atoms with Gasteiger partial charge in [-0.15, -0.1) is 11.3 Å². The van der Waals surface area contributed by atoms with Crippen LogP contribution in [0.1, 0.15) is 18.5 Å². The van der Waals surface area contributed by atoms with Crippen molar-refractivity contribution in [1.82, 2.24) is 9.88 Å². The molecule has 1 aliphatic heterocycles. The number of carbonyl (C=O) groups is 1. The van der Waals surface area contributed by atoms with Crippen LogP contribution in [-0.4, -0.2) is 36.1 Å². The molecule has 0 N–H and O–H groups in total. The molecule has 16 heavy (non-hydrogen) atoms. The van der Waals surface area contributed by atoms with Crippen molar-refractivity contribution in [3.8, 4) is 0 Å². The van der Waals surface area contributed by atoms with Crippen LogP contribution in [0.4, 0.5) is 0 Å². The monoisotopic (exact) mass is 240 g/mol. The molecule has 1 fully saturated rings. The van der Waals surface area contributed by atoms with E-state index in [-0.39, 0.29) is 11.9 Å². The van der Waals surface area contributed by atoms with Crippen molar-refractivity contribution < 1.29 is 9.53 Å². The third-order valence-corrected chi connectivity index (χ3v) is 3.63. The first kappa shape index (κ1) is 11.5. The van der Waals surface area contributed by atoms with E-state index in [4.69, 9.17) is 4.74 Å². The van der Waals surface area contributed by atoms with Gasteiger partial charge >= 0.3 is 5.97 Å². The second kappa shape index (κ2) is 5.41. The molecule has 1 aromatic rings. The molecule has 1 aromatic heterocycles. The summed E-state index contributed by atoms with van der Waals surface area (Å²) in [5.41, 5.74) is 2.98. The molecule has 1 aliphatic rings. The van der Waals surface area contributed by atoms with Gasteiger partial charge in [-0.2, -0.15) is 0 Å². The molecule has 0 bridgehead atoms. The molecule has 0 spiro atoms. The molecule has 2 rings (SSSR count). The molecule has 0 aliphatic carbocycles. The Morgan fingerprint density at radius 3 is 2.94 bits per heavy atom. The smallest absolute Gasteiger partial charge is 0.308 e. The third-order valence-electron chi connectivity index (χ3n) is 2.99. The maximum Gasteiger partial charge on any atom is 0.308 e. The van der Waals surface area contributed by atoms with Gasteiger partial charge in [-0.1, -0.05) is 0 Å². The standard InChI is InChI=1S/C11H16N2O2S/c1-15-11(14)9-2-4-13(5-3-9)6-10-7-16-8-12-10/h7-9H,2-6H2,1H3. The number of likely N-dealkylation sites (tertiary alicyclic amines) is 1. The van der Waals surface area contributed by atoms with Crippen molar-refractivity contribution >= 4 is 17.3 Å². The lowest BCUT2D eigenvalue weighted by Gasteiger charge is -2.29. The highest BCUT2D eigenvalue weighted by Gasteiger charge is 2.25. The van der Waals surface area contributed by atoms with Crippen molar-refractivity contribution in [2.24, 2.45) is 5.92 Å². The summed E-state index contributed by atoms with van der Waals surface area (Å²) in [5, 5.41) is 2.08. The van der Waals surface area contributed by atoms with E-state index < -0.39 is 0 Å². The zero-order valence-corrected chi connectivity index (χ0v) is 10.2. The molecular formula is C11H16N2O2S. The van der Waals surface area contributed by atoms with E-state index >= 15 is 0 Å². The largest absolute Gasteiger partial charge is 0.469 e. The fraction of sp³-hybridized carbons (Fsp3) is 0.636. The zero-order valence-electron chi connectivity index (χ0n) is 9.39. The average molecular weight is 240 g/mol. The first-order valence-electron chi connectivity index (χ1n) is 5.47. The van der Waals surface area contributed by atoms with Crippen molar-refractivity contribution in [3.05, 3.63) is 16.6 Å². The molecule has 0 amide bonds. The predicted octanol–water partition coefficient (Wildman–Crippen LogP) is 1.53. The van der Waals surface area contributed by atoms with Gasteiger partial charge in [-0.05, 0) is 25.9 Å². The van der Waals surface area contributed by atoms with Crippen LogP contribution in [0.2, 0.25) is 0 Å². The summed E-state index contributed by atoms with van der Waals surface area (Å²) in [6, 6.07) is 0. The Kier molecular flexibility index (Phi) is 3.90. The normalized spacial score (nSPS) is 18.6. The summed E-state index contributed by atoms with van der Waals surface area (Å²) >= 11 is 1.63. The highest BCUT2D eigenvalue weighted by Crippen LogP contribution is 2.19. The van der Waals surface area contributed by atoms with E-state index in [1.807, 2.05) is 5.51 Å². The van der Waals surface area contributed by atoms with Crippen molar-refractivity contribution in [2.75, 3.05) is 20.2 Å². The van der Waals surface area contributed by atoms with Crippen molar-refractivity contribution in [1.29, 1.82) is 0 Å². The Morgan fingerprint density at radius 1 is 1.62 bits per heavy atom. The molecule has 0 radical (unpaired) electrons. The van der Waals surface area contributed by atoms with Gasteiger partial charge in [0.1, 0.15) is 0 Å². The van der Waals surface area contributed by atoms with Crippen LogP contribution < -0.4 is 0 Å². The summed E-state index contributed by atoms with van der Waals surface area (Å²) in [6.45, 7) is 2.81. The number of esters is 1. The fourth-order valence-corrected chi connectivity index (χ4v) is 2.59. The van der Waals surface area contributed by atoms with Crippen LogP contribution in [0.5, 0.6) is 0 Å². The number of piperidine rings is 1. The SMILES string of the molecule is COC(=O)C1CCN(Cc2cscn2)CC1. The highest BCUT2D eigenvalue weighted by atomic mass is 32.1. The molecule has 0 unspecified atom stereocenters. The number of thiazole rings is 1. The lowest BCUT2D eigenvalue weighted by atomic mass is 9.97. The van der Waals surface area contributed by atoms with E-state index in [0.717, 1.165) is 38.2 Å². The maximum atomic E-state index is 11.3. The molecule has 2 heterocycles. The molecule has 0 saturated carbocycles. The minimum atomic E-state index is -0.0618. The van der Waals surface area contributed by atoms with Gasteiger partial charge in [0.2, 0.25) is 0 Å². The Balaban J connectivity index is 1.79. The topological polar surface area (TPSA) is 42.4 Å². The minimum Gasteiger partial charge on any atom is -0.469 e. The molecule has 4 nitrogen and oxygen atoms in total. The first-order valence-corrected chi connectivity index (χ1v) is 6.41. The number of ether oxygens (including phenoxy) is 1. The van der Waals surface area contributed by atoms with Crippen molar-refractivity contribution in [3.63, 3.8) is 0 Å². The molecule has 1 saturated heterocycles. The molecular weight excluding hydrogens is 224 g/mol. The number of nitrogens with zero attached hydrogens (tertiary/aromatic N) is 2. The van der Waals surface area contributed by atoms with Gasteiger partial charge in [0.05, 0.1) is 24.2 Å². The zero-order chi connectivity index (χ0) is 11.4. The van der Waals surface area contributed by atoms with Gasteiger partial charge in [0.15, 0.2) is 0 Å². The molecule has 88 valence electrons. The average Bonchev–Trinajstić information content (AvgIpc) is 2.82. The number of hydrogen-bond acceptors (Lipinski definition) is 5. The maximum absolute atomic E-state index is 11.3. The summed E-state index contributed by atoms with van der Waals surface area (Å²) in [5.74, 6) is 0.0324. The minimum absolute atomic E-state index is 0.0618. The summed E-state index contributed by atoms with van der Waals surface area (Å²) in [6.07, 6.45) is 1.80. The Labute approximate surface area is 99.2 Å². The van der Waals surface area contributed by atoms with E-state index in [1.54, 1.807) is 11.3 Å². The van der Waals surface area contributed by atoms with E-state index in [1.165, 1.54) is 7.11 Å². The van der Waals surface area contributed by atoms with Gasteiger partial charge in [0.25, 0.3) is 0 Å². The second-order valence-electron chi connectivity index (χ2n) is 4.05. The third kappa shape index (κ3) is 2.80. The van der Waals surface area contributed by atoms with Gasteiger partial charge < -0.3 is 4.74 Å². The Hall–Kier alpha value is -0.940. The number of hydrogen-bond donors (Lipinski definition) is 0. The van der Waals surface area contributed by atoms with Crippen LogP contribution in [0.15, 0.2) is 10.9 Å². The second-order valence-corrected chi connectivity index (χ2v) is 4.77. The predicted molar refractivity (Wildman–Crippen MR) is 62.1 cm³/mol. The molecule has 0 aromatic carbocycles. The Bertz CT molecular complexity index is 332. The van der Waals surface area contributed by atoms with Gasteiger partial charge in [-0.25, -0.2) is 4.98 Å². The lowest BCUT2D eigenvalue weighted by molar-refractivity contribution is -0.147. The van der Waals surface area contributed by atoms with Crippen LogP contribution in [0.25, 0.3) is 0 Å². The van der Waals surface area contributed by atoms with Crippen LogP contribution in [0.3, 0.4) is 0 Å². The van der Waals surface area contributed by atoms with Crippen LogP contribution >= 0.6 is 11.3 Å². The number of aromatic nitrogens is 1. The summed E-state index contributed by atoms with van der Waals surface area (Å²) in [4.78, 5) is 17.9. The summed E-state index contributed by atoms with van der Waals surface area (Å²) < 4.78 is 4.76. The van der Waals surface area contributed by atoms with Gasteiger partial charge in [-0.3, -0.25) is 9.69 Å². The fourth-order valence-electron chi connectivity index (χ4n) is 2.04. The van der Waals surface area contributed by atoms with E-state index in [0.29, 0.717) is 0 Å². The Morgan fingerprint density at radius 2 is 2.38 bits per heavy atom. The van der Waals surface area contributed by atoms with Crippen LogP contribution in [-0.2, 0) is 16.1 Å². The number of methoxy groups -OCH3 is 1. The van der Waals surface area contributed by atoms with Gasteiger partial charge in [0, 0.05) is 11.9 Å². The lowest BCUT2D eigenvalue weighted by Crippen LogP contribution is -2.36. The van der Waals surface area contributed by atoms with E-state index in [2.05, 4.69) is 15.3 Å². The molecule has 5 heteroatoms. The first-order chi connectivity index (χ1) is 7.79. The quantitative estimate of drug-likeness (QED) is 0.751. The number of carbonyl (C=O) groups excluding carboxylic acids is 1.